The zero-order chi connectivity index (χ0) is 23.0. The number of likely N-dealkylation sites (tertiary alicyclic amines) is 2. The number of aryl methyl sites for hydroxylation is 1. The molecule has 0 aromatic heterocycles. The third-order valence-electron chi connectivity index (χ3n) is 6.85. The Hall–Kier alpha value is -3.15. The Morgan fingerprint density at radius 1 is 0.758 bits per heavy atom. The summed E-state index contributed by atoms with van der Waals surface area (Å²) in [6.45, 7) is 2.67. The van der Waals surface area contributed by atoms with Crippen molar-refractivity contribution in [3.63, 3.8) is 0 Å². The molecular weight excluding hydrogens is 414 g/mol. The van der Waals surface area contributed by atoms with E-state index in [9.17, 15) is 14.4 Å². The van der Waals surface area contributed by atoms with Crippen molar-refractivity contribution in [3.8, 4) is 0 Å². The molecule has 0 spiro atoms. The quantitative estimate of drug-likeness (QED) is 0.739. The molecule has 0 radical (unpaired) electrons. The highest BCUT2D eigenvalue weighted by Gasteiger charge is 2.32. The highest BCUT2D eigenvalue weighted by atomic mass is 16.2. The number of benzene rings is 2. The summed E-state index contributed by atoms with van der Waals surface area (Å²) in [5.41, 5.74) is 1.85. The molecule has 6 nitrogen and oxygen atoms in total. The summed E-state index contributed by atoms with van der Waals surface area (Å²) in [6.07, 6.45) is 4.31. The fourth-order valence-electron chi connectivity index (χ4n) is 4.79. The van der Waals surface area contributed by atoms with Crippen LogP contribution < -0.4 is 5.32 Å². The van der Waals surface area contributed by atoms with Gasteiger partial charge >= 0.3 is 0 Å². The van der Waals surface area contributed by atoms with Crippen molar-refractivity contribution in [1.29, 1.82) is 0 Å². The van der Waals surface area contributed by atoms with E-state index >= 15 is 0 Å². The number of carbonyl (C=O) groups excluding carboxylic acids is 3. The van der Waals surface area contributed by atoms with Crippen LogP contribution in [0.4, 0.5) is 0 Å². The van der Waals surface area contributed by atoms with E-state index in [4.69, 9.17) is 0 Å². The lowest BCUT2D eigenvalue weighted by molar-refractivity contribution is -0.141. The van der Waals surface area contributed by atoms with Crippen LogP contribution in [0.5, 0.6) is 0 Å². The van der Waals surface area contributed by atoms with Crippen LogP contribution in [0.2, 0.25) is 0 Å². The van der Waals surface area contributed by atoms with Crippen LogP contribution in [-0.2, 0) is 16.0 Å². The molecule has 0 unspecified atom stereocenters. The summed E-state index contributed by atoms with van der Waals surface area (Å²) in [7, 11) is 0. The predicted octanol–water partition coefficient (Wildman–Crippen LogP) is 3.28. The first-order valence-electron chi connectivity index (χ1n) is 12.1. The fourth-order valence-corrected chi connectivity index (χ4v) is 4.79. The van der Waals surface area contributed by atoms with E-state index in [1.807, 2.05) is 58.3 Å². The van der Waals surface area contributed by atoms with Gasteiger partial charge in [0.25, 0.3) is 5.91 Å². The number of nitrogens with zero attached hydrogens (tertiary/aromatic N) is 2. The molecule has 2 aromatic rings. The van der Waals surface area contributed by atoms with Crippen molar-refractivity contribution in [2.24, 2.45) is 5.92 Å². The van der Waals surface area contributed by atoms with Crippen molar-refractivity contribution in [1.82, 2.24) is 15.1 Å². The van der Waals surface area contributed by atoms with Gasteiger partial charge in [0.1, 0.15) is 0 Å². The van der Waals surface area contributed by atoms with Gasteiger partial charge in [-0.15, -0.1) is 0 Å². The Morgan fingerprint density at radius 2 is 1.33 bits per heavy atom. The molecule has 2 fully saturated rings. The zero-order valence-corrected chi connectivity index (χ0v) is 19.1. The lowest BCUT2D eigenvalue weighted by Crippen LogP contribution is -2.50. The first-order chi connectivity index (χ1) is 16.1. The molecule has 6 heteroatoms. The minimum Gasteiger partial charge on any atom is -0.349 e. The van der Waals surface area contributed by atoms with Crippen LogP contribution in [0.3, 0.4) is 0 Å². The Balaban J connectivity index is 1.17. The summed E-state index contributed by atoms with van der Waals surface area (Å²) < 4.78 is 0. The Morgan fingerprint density at radius 3 is 1.97 bits per heavy atom. The van der Waals surface area contributed by atoms with Crippen LogP contribution >= 0.6 is 0 Å². The van der Waals surface area contributed by atoms with Crippen molar-refractivity contribution in [3.05, 3.63) is 71.8 Å². The SMILES string of the molecule is O=C(NC1CCN(C(=O)C2CCN(C(=O)CCc3ccccc3)CC2)CC1)c1ccccc1. The summed E-state index contributed by atoms with van der Waals surface area (Å²) in [6, 6.07) is 19.4. The van der Waals surface area contributed by atoms with Gasteiger partial charge < -0.3 is 15.1 Å². The molecule has 2 saturated heterocycles. The van der Waals surface area contributed by atoms with Crippen LogP contribution in [-0.4, -0.2) is 59.7 Å². The summed E-state index contributed by atoms with van der Waals surface area (Å²) >= 11 is 0. The van der Waals surface area contributed by atoms with E-state index in [-0.39, 0.29) is 29.7 Å². The van der Waals surface area contributed by atoms with Gasteiger partial charge in [-0.05, 0) is 49.8 Å². The second kappa shape index (κ2) is 11.1. The number of carbonyl (C=O) groups is 3. The van der Waals surface area contributed by atoms with Crippen LogP contribution in [0.15, 0.2) is 60.7 Å². The van der Waals surface area contributed by atoms with E-state index in [0.717, 1.165) is 32.1 Å². The topological polar surface area (TPSA) is 69.7 Å². The first kappa shape index (κ1) is 23.0. The molecule has 2 heterocycles. The molecule has 0 bridgehead atoms. The number of hydrogen-bond acceptors (Lipinski definition) is 3. The highest BCUT2D eigenvalue weighted by molar-refractivity contribution is 5.94. The molecule has 33 heavy (non-hydrogen) atoms. The van der Waals surface area contributed by atoms with Crippen molar-refractivity contribution in [2.45, 2.75) is 44.6 Å². The zero-order valence-electron chi connectivity index (χ0n) is 19.1. The lowest BCUT2D eigenvalue weighted by Gasteiger charge is -2.37. The molecule has 2 aliphatic heterocycles. The van der Waals surface area contributed by atoms with Crippen LogP contribution in [0, 0.1) is 5.92 Å². The van der Waals surface area contributed by atoms with Crippen molar-refractivity contribution in [2.75, 3.05) is 26.2 Å². The summed E-state index contributed by atoms with van der Waals surface area (Å²) in [5.74, 6) is 0.335. The van der Waals surface area contributed by atoms with Crippen LogP contribution in [0.25, 0.3) is 0 Å². The van der Waals surface area contributed by atoms with Crippen LogP contribution in [0.1, 0.15) is 48.0 Å². The standard InChI is InChI=1S/C27H33N3O3/c31-25(12-11-21-7-3-1-4-8-21)29-17-13-23(14-18-29)27(33)30-19-15-24(16-20-30)28-26(32)22-9-5-2-6-10-22/h1-10,23-24H,11-20H2,(H,28,32). The van der Waals surface area contributed by atoms with Gasteiger partial charge in [0.15, 0.2) is 0 Å². The second-order valence-corrected chi connectivity index (χ2v) is 9.08. The lowest BCUT2D eigenvalue weighted by atomic mass is 9.93. The molecule has 0 atom stereocenters. The van der Waals surface area contributed by atoms with E-state index in [2.05, 4.69) is 17.4 Å². The molecular formula is C27H33N3O3. The van der Waals surface area contributed by atoms with Gasteiger partial charge in [-0.2, -0.15) is 0 Å². The molecule has 0 aliphatic carbocycles. The van der Waals surface area contributed by atoms with Gasteiger partial charge in [-0.25, -0.2) is 0 Å². The molecule has 4 rings (SSSR count). The van der Waals surface area contributed by atoms with Crippen molar-refractivity contribution < 1.29 is 14.4 Å². The maximum absolute atomic E-state index is 13.0. The normalized spacial score (nSPS) is 17.6. The molecule has 3 amide bonds. The third kappa shape index (κ3) is 6.21. The monoisotopic (exact) mass is 447 g/mol. The molecule has 2 aliphatic rings. The molecule has 0 saturated carbocycles. The molecule has 2 aromatic carbocycles. The fraction of sp³-hybridized carbons (Fsp3) is 0.444. The average Bonchev–Trinajstić information content (AvgIpc) is 2.88. The van der Waals surface area contributed by atoms with Gasteiger partial charge in [-0.3, -0.25) is 14.4 Å². The Bertz CT molecular complexity index is 932. The summed E-state index contributed by atoms with van der Waals surface area (Å²) in [4.78, 5) is 41.8. The number of amides is 3. The minimum atomic E-state index is -0.0512. The Labute approximate surface area is 196 Å². The van der Waals surface area contributed by atoms with E-state index in [1.54, 1.807) is 0 Å². The minimum absolute atomic E-state index is 0.00127. The van der Waals surface area contributed by atoms with Gasteiger partial charge in [-0.1, -0.05) is 48.5 Å². The van der Waals surface area contributed by atoms with E-state index in [1.165, 1.54) is 5.56 Å². The van der Waals surface area contributed by atoms with Gasteiger partial charge in [0.2, 0.25) is 11.8 Å². The average molecular weight is 448 g/mol. The number of hydrogen-bond donors (Lipinski definition) is 1. The third-order valence-corrected chi connectivity index (χ3v) is 6.85. The number of rotatable bonds is 6. The van der Waals surface area contributed by atoms with Gasteiger partial charge in [0, 0.05) is 50.1 Å². The number of piperidine rings is 2. The van der Waals surface area contributed by atoms with Crippen molar-refractivity contribution >= 4 is 17.7 Å². The maximum Gasteiger partial charge on any atom is 0.251 e. The summed E-state index contributed by atoms with van der Waals surface area (Å²) in [5, 5.41) is 3.10. The first-order valence-corrected chi connectivity index (χ1v) is 12.1. The number of nitrogens with one attached hydrogen (secondary N) is 1. The molecule has 174 valence electrons. The smallest absolute Gasteiger partial charge is 0.251 e. The maximum atomic E-state index is 13.0. The second-order valence-electron chi connectivity index (χ2n) is 9.08. The van der Waals surface area contributed by atoms with Gasteiger partial charge in [0.05, 0.1) is 0 Å². The molecule has 1 N–H and O–H groups in total. The predicted molar refractivity (Wildman–Crippen MR) is 128 cm³/mol. The van der Waals surface area contributed by atoms with E-state index < -0.39 is 0 Å². The highest BCUT2D eigenvalue weighted by Crippen LogP contribution is 2.23. The largest absolute Gasteiger partial charge is 0.349 e. The Kier molecular flexibility index (Phi) is 7.76. The van der Waals surface area contributed by atoms with E-state index in [0.29, 0.717) is 38.2 Å².